The summed E-state index contributed by atoms with van der Waals surface area (Å²) in [5.74, 6) is 0. The Hall–Kier alpha value is 0.834. The molecule has 0 rings (SSSR count). The van der Waals surface area contributed by atoms with Crippen molar-refractivity contribution in [3.63, 3.8) is 0 Å². The Morgan fingerprint density at radius 1 is 1.10 bits per heavy atom. The van der Waals surface area contributed by atoms with Crippen molar-refractivity contribution in [1.29, 1.82) is 0 Å². The highest BCUT2D eigenvalue weighted by atomic mass is 79.9. The van der Waals surface area contributed by atoms with Gasteiger partial charge in [0, 0.05) is 0 Å². The van der Waals surface area contributed by atoms with E-state index in [0.29, 0.717) is 0 Å². The second kappa shape index (κ2) is 8.09. The third kappa shape index (κ3) is 9.54. The van der Waals surface area contributed by atoms with Crippen molar-refractivity contribution in [1.82, 2.24) is 0 Å². The number of halogens is 2. The summed E-state index contributed by atoms with van der Waals surface area (Å²) in [6.45, 7) is 20.8. The lowest BCUT2D eigenvalue weighted by atomic mass is 10.1. The molecule has 0 aliphatic rings. The first-order valence-corrected chi connectivity index (χ1v) is 15.6. The largest absolute Gasteiger partial charge is 0.410 e. The molecule has 0 aliphatic carbocycles. The van der Waals surface area contributed by atoms with Crippen molar-refractivity contribution < 1.29 is 4.43 Å². The molecule has 1 atom stereocenters. The molecule has 0 spiro atoms. The van der Waals surface area contributed by atoms with Crippen LogP contribution >= 0.6 is 31.9 Å². The van der Waals surface area contributed by atoms with Crippen LogP contribution in [0.4, 0.5) is 0 Å². The molecule has 1 nitrogen and oxygen atoms in total. The zero-order valence-electron chi connectivity index (χ0n) is 15.1. The average Bonchev–Trinajstić information content (AvgIpc) is 2.08. The van der Waals surface area contributed by atoms with Gasteiger partial charge in [-0.15, -0.1) is 0 Å². The van der Waals surface area contributed by atoms with Crippen LogP contribution in [0.3, 0.4) is 0 Å². The van der Waals surface area contributed by atoms with Crippen molar-refractivity contribution in [2.24, 2.45) is 0 Å². The van der Waals surface area contributed by atoms with E-state index < -0.39 is 16.4 Å². The van der Waals surface area contributed by atoms with E-state index in [1.807, 2.05) is 0 Å². The van der Waals surface area contributed by atoms with Gasteiger partial charge in [-0.05, 0) is 69.4 Å². The molecule has 0 amide bonds. The van der Waals surface area contributed by atoms with E-state index in [1.54, 1.807) is 0 Å². The maximum Gasteiger partial charge on any atom is 0.192 e. The minimum Gasteiger partial charge on any atom is -0.410 e. The molecule has 0 aromatic rings. The fraction of sp³-hybridized carbons (Fsp3) is 0.750. The predicted molar refractivity (Wildman–Crippen MR) is 110 cm³/mol. The van der Waals surface area contributed by atoms with E-state index in [1.165, 1.54) is 5.57 Å². The minimum absolute atomic E-state index is 0.132. The number of rotatable bonds is 6. The summed E-state index contributed by atoms with van der Waals surface area (Å²) in [5, 5.41) is 0.230. The summed E-state index contributed by atoms with van der Waals surface area (Å²) in [6.07, 6.45) is 3.24. The van der Waals surface area contributed by atoms with Crippen molar-refractivity contribution in [2.45, 2.75) is 78.0 Å². The predicted octanol–water partition coefficient (Wildman–Crippen LogP) is 7.22. The normalized spacial score (nSPS) is 15.9. The van der Waals surface area contributed by atoms with Crippen LogP contribution in [0.15, 0.2) is 20.7 Å². The zero-order chi connectivity index (χ0) is 17.1. The Kier molecular flexibility index (Phi) is 8.41. The standard InChI is InChI=1S/C16H32Br2OSi2/c1-13(12-20(5,6)7)10-14(11-15(17)18)19-21(8,9)16(2,3)4/h11-12,14H,10H2,1-9H3/b13-12+/t14-/m1/s1. The molecular formula is C16H32Br2OSi2. The molecule has 0 radical (unpaired) electrons. The van der Waals surface area contributed by atoms with Gasteiger partial charge in [-0.3, -0.25) is 0 Å². The molecule has 0 saturated carbocycles. The topological polar surface area (TPSA) is 9.23 Å². The summed E-state index contributed by atoms with van der Waals surface area (Å²) < 4.78 is 7.55. The van der Waals surface area contributed by atoms with Gasteiger partial charge in [-0.1, -0.05) is 51.7 Å². The van der Waals surface area contributed by atoms with Crippen molar-refractivity contribution in [3.05, 3.63) is 20.7 Å². The monoisotopic (exact) mass is 454 g/mol. The smallest absolute Gasteiger partial charge is 0.192 e. The van der Waals surface area contributed by atoms with Crippen LogP contribution in [0.2, 0.25) is 37.8 Å². The first kappa shape index (κ1) is 21.8. The lowest BCUT2D eigenvalue weighted by Crippen LogP contribution is -2.43. The van der Waals surface area contributed by atoms with E-state index in [2.05, 4.69) is 104 Å². The van der Waals surface area contributed by atoms with E-state index in [9.17, 15) is 0 Å². The van der Waals surface area contributed by atoms with Gasteiger partial charge in [0.05, 0.1) is 17.6 Å². The Morgan fingerprint density at radius 2 is 1.57 bits per heavy atom. The minimum atomic E-state index is -1.76. The highest BCUT2D eigenvalue weighted by Gasteiger charge is 2.38. The van der Waals surface area contributed by atoms with Crippen LogP contribution in [0.1, 0.15) is 34.1 Å². The summed E-state index contributed by atoms with van der Waals surface area (Å²) in [4.78, 5) is 0. The quantitative estimate of drug-likeness (QED) is 0.384. The van der Waals surface area contributed by atoms with E-state index in [-0.39, 0.29) is 11.1 Å². The Bertz CT molecular complexity index is 397. The van der Waals surface area contributed by atoms with Gasteiger partial charge < -0.3 is 4.43 Å². The summed E-state index contributed by atoms with van der Waals surface area (Å²) in [6, 6.07) is 0. The molecule has 0 heterocycles. The molecule has 0 unspecified atom stereocenters. The molecule has 0 aromatic carbocycles. The van der Waals surface area contributed by atoms with Crippen molar-refractivity contribution in [2.75, 3.05) is 0 Å². The Morgan fingerprint density at radius 3 is 1.90 bits per heavy atom. The van der Waals surface area contributed by atoms with Crippen LogP contribution in [-0.2, 0) is 4.43 Å². The van der Waals surface area contributed by atoms with Crippen LogP contribution in [-0.4, -0.2) is 22.5 Å². The van der Waals surface area contributed by atoms with E-state index in [4.69, 9.17) is 4.43 Å². The first-order valence-electron chi connectivity index (χ1n) is 7.53. The van der Waals surface area contributed by atoms with Gasteiger partial charge in [-0.25, -0.2) is 0 Å². The molecule has 0 aromatic heterocycles. The maximum atomic E-state index is 6.58. The zero-order valence-corrected chi connectivity index (χ0v) is 20.3. The highest BCUT2D eigenvalue weighted by molar-refractivity contribution is 9.28. The second-order valence-electron chi connectivity index (χ2n) is 8.43. The third-order valence-corrected chi connectivity index (χ3v) is 10.2. The van der Waals surface area contributed by atoms with Gasteiger partial charge in [-0.2, -0.15) is 0 Å². The molecule has 21 heavy (non-hydrogen) atoms. The van der Waals surface area contributed by atoms with Gasteiger partial charge in [0.25, 0.3) is 0 Å². The molecule has 0 bridgehead atoms. The molecule has 0 N–H and O–H groups in total. The fourth-order valence-corrected chi connectivity index (χ4v) is 5.39. The van der Waals surface area contributed by atoms with Gasteiger partial charge >= 0.3 is 0 Å². The van der Waals surface area contributed by atoms with Crippen LogP contribution in [0, 0.1) is 0 Å². The van der Waals surface area contributed by atoms with Crippen LogP contribution < -0.4 is 0 Å². The van der Waals surface area contributed by atoms with Crippen LogP contribution in [0.5, 0.6) is 0 Å². The molecular weight excluding hydrogens is 424 g/mol. The van der Waals surface area contributed by atoms with Gasteiger partial charge in [0.2, 0.25) is 0 Å². The van der Waals surface area contributed by atoms with E-state index >= 15 is 0 Å². The summed E-state index contributed by atoms with van der Waals surface area (Å²) in [5.41, 5.74) is 3.92. The molecule has 124 valence electrons. The first-order chi connectivity index (χ1) is 9.14. The number of hydrogen-bond donors (Lipinski definition) is 0. The van der Waals surface area contributed by atoms with Gasteiger partial charge in [0.15, 0.2) is 8.32 Å². The van der Waals surface area contributed by atoms with Gasteiger partial charge in [0.1, 0.15) is 0 Å². The van der Waals surface area contributed by atoms with Crippen LogP contribution in [0.25, 0.3) is 0 Å². The van der Waals surface area contributed by atoms with Crippen molar-refractivity contribution >= 4 is 48.3 Å². The Balaban J connectivity index is 5.18. The molecule has 0 fully saturated rings. The lowest BCUT2D eigenvalue weighted by Gasteiger charge is -2.39. The van der Waals surface area contributed by atoms with E-state index in [0.717, 1.165) is 9.81 Å². The SMILES string of the molecule is C/C(=C\[Si](C)(C)C)C[C@H](C=C(Br)Br)O[Si](C)(C)C(C)(C)C. The summed E-state index contributed by atoms with van der Waals surface area (Å²) >= 11 is 6.97. The molecule has 0 saturated heterocycles. The highest BCUT2D eigenvalue weighted by Crippen LogP contribution is 2.38. The lowest BCUT2D eigenvalue weighted by molar-refractivity contribution is 0.225. The Labute approximate surface area is 151 Å². The maximum absolute atomic E-state index is 6.58. The molecule has 0 aliphatic heterocycles. The summed E-state index contributed by atoms with van der Waals surface area (Å²) in [7, 11) is -2.94. The second-order valence-corrected chi connectivity index (χ2v) is 21.0. The number of hydrogen-bond acceptors (Lipinski definition) is 1. The third-order valence-electron chi connectivity index (χ3n) is 3.77. The average molecular weight is 456 g/mol. The van der Waals surface area contributed by atoms with Crippen molar-refractivity contribution in [3.8, 4) is 0 Å². The fourth-order valence-electron chi connectivity index (χ4n) is 1.95. The molecule has 5 heteroatoms.